The van der Waals surface area contributed by atoms with E-state index in [4.69, 9.17) is 4.74 Å². The molecular weight excluding hydrogens is 328 g/mol. The van der Waals surface area contributed by atoms with Crippen molar-refractivity contribution in [1.29, 1.82) is 0 Å². The number of ketones is 1. The molecule has 0 aliphatic carbocycles. The molecule has 7 nitrogen and oxygen atoms in total. The van der Waals surface area contributed by atoms with Gasteiger partial charge < -0.3 is 14.2 Å². The quantitative estimate of drug-likeness (QED) is 0.484. The molecule has 2 aromatic carbocycles. The van der Waals surface area contributed by atoms with Crippen molar-refractivity contribution in [2.45, 2.75) is 6.29 Å². The maximum atomic E-state index is 13.1. The molecule has 1 aliphatic heterocycles. The second kappa shape index (κ2) is 5.44. The van der Waals surface area contributed by atoms with Gasteiger partial charge in [-0.15, -0.1) is 8.78 Å². The Hall–Kier alpha value is -3.23. The van der Waals surface area contributed by atoms with Crippen LogP contribution in [0.2, 0.25) is 0 Å². The van der Waals surface area contributed by atoms with Gasteiger partial charge in [-0.3, -0.25) is 14.9 Å². The van der Waals surface area contributed by atoms with E-state index in [1.807, 2.05) is 0 Å². The van der Waals surface area contributed by atoms with Crippen LogP contribution in [0, 0.1) is 10.1 Å². The highest BCUT2D eigenvalue weighted by Crippen LogP contribution is 2.44. The number of carbonyl (C=O) groups excluding carboxylic acids is 1. The van der Waals surface area contributed by atoms with E-state index in [1.165, 1.54) is 25.3 Å². The van der Waals surface area contributed by atoms with Gasteiger partial charge >= 0.3 is 6.29 Å². The van der Waals surface area contributed by atoms with Gasteiger partial charge in [0.25, 0.3) is 5.69 Å². The highest BCUT2D eigenvalue weighted by atomic mass is 19.3. The second-order valence-electron chi connectivity index (χ2n) is 4.80. The summed E-state index contributed by atoms with van der Waals surface area (Å²) in [7, 11) is 1.40. The second-order valence-corrected chi connectivity index (χ2v) is 4.80. The first-order valence-corrected chi connectivity index (χ1v) is 6.58. The number of alkyl halides is 2. The molecular formula is C15H9F2NO6. The zero-order chi connectivity index (χ0) is 17.5. The number of hydrogen-bond acceptors (Lipinski definition) is 6. The Labute approximate surface area is 133 Å². The molecule has 0 N–H and O–H groups in total. The molecule has 0 aromatic heterocycles. The largest absolute Gasteiger partial charge is 0.586 e. The van der Waals surface area contributed by atoms with Crippen molar-refractivity contribution in [1.82, 2.24) is 0 Å². The van der Waals surface area contributed by atoms with Gasteiger partial charge in [-0.05, 0) is 12.1 Å². The lowest BCUT2D eigenvalue weighted by atomic mass is 10.0. The third-order valence-electron chi connectivity index (χ3n) is 3.29. The Bertz CT molecular complexity index is 852. The molecule has 0 atom stereocenters. The number of benzene rings is 2. The van der Waals surface area contributed by atoms with Gasteiger partial charge in [0.15, 0.2) is 17.3 Å². The molecule has 1 aliphatic rings. The molecule has 0 radical (unpaired) electrons. The van der Waals surface area contributed by atoms with Crippen molar-refractivity contribution in [3.63, 3.8) is 0 Å². The number of rotatable bonds is 4. The van der Waals surface area contributed by atoms with Gasteiger partial charge in [0, 0.05) is 11.6 Å². The summed E-state index contributed by atoms with van der Waals surface area (Å²) in [5.41, 5.74) is -0.959. The molecule has 24 heavy (non-hydrogen) atoms. The molecule has 0 amide bonds. The summed E-state index contributed by atoms with van der Waals surface area (Å²) in [6.07, 6.45) is -3.94. The fourth-order valence-electron chi connectivity index (χ4n) is 2.24. The Morgan fingerprint density at radius 2 is 1.88 bits per heavy atom. The van der Waals surface area contributed by atoms with Crippen molar-refractivity contribution in [2.24, 2.45) is 0 Å². The summed E-state index contributed by atoms with van der Waals surface area (Å²) in [4.78, 5) is 22.9. The Balaban J connectivity index is 2.10. The molecule has 0 unspecified atom stereocenters. The molecule has 2 aromatic rings. The number of hydrogen-bond donors (Lipinski definition) is 0. The predicted molar refractivity (Wildman–Crippen MR) is 75.7 cm³/mol. The van der Waals surface area contributed by atoms with Gasteiger partial charge in [0.05, 0.1) is 18.1 Å². The molecule has 0 saturated heterocycles. The Morgan fingerprint density at radius 1 is 1.21 bits per heavy atom. The van der Waals surface area contributed by atoms with Crippen molar-refractivity contribution in [2.75, 3.05) is 7.11 Å². The average Bonchev–Trinajstić information content (AvgIpc) is 2.85. The number of fused-ring (bicyclic) bond motifs is 1. The van der Waals surface area contributed by atoms with Crippen LogP contribution in [-0.2, 0) is 0 Å². The smallest absolute Gasteiger partial charge is 0.497 e. The third kappa shape index (κ3) is 2.71. The third-order valence-corrected chi connectivity index (χ3v) is 3.29. The standard InChI is InChI=1S/C15H9F2NO6/c1-22-9-4-2-3-8(5-9)14(19)10-6-12-13(7-11(10)18(20)21)24-15(16,17)23-12/h2-7H,1H3. The lowest BCUT2D eigenvalue weighted by molar-refractivity contribution is -0.385. The van der Waals surface area contributed by atoms with Crippen LogP contribution in [-0.4, -0.2) is 24.1 Å². The molecule has 0 spiro atoms. The van der Waals surface area contributed by atoms with Crippen LogP contribution in [0.25, 0.3) is 0 Å². The summed E-state index contributed by atoms with van der Waals surface area (Å²) in [5.74, 6) is -1.32. The van der Waals surface area contributed by atoms with E-state index in [9.17, 15) is 23.7 Å². The Morgan fingerprint density at radius 3 is 2.50 bits per heavy atom. The molecule has 0 bridgehead atoms. The predicted octanol–water partition coefficient (Wildman–Crippen LogP) is 3.16. The minimum Gasteiger partial charge on any atom is -0.497 e. The van der Waals surface area contributed by atoms with Gasteiger partial charge in [-0.2, -0.15) is 0 Å². The van der Waals surface area contributed by atoms with Crippen LogP contribution in [0.4, 0.5) is 14.5 Å². The first kappa shape index (κ1) is 15.7. The fraction of sp³-hybridized carbons (Fsp3) is 0.133. The minimum absolute atomic E-state index is 0.100. The van der Waals surface area contributed by atoms with Crippen LogP contribution in [0.3, 0.4) is 0 Å². The SMILES string of the molecule is COc1cccc(C(=O)c2cc3c(cc2[N+](=O)[O-])OC(F)(F)O3)c1. The van der Waals surface area contributed by atoms with Gasteiger partial charge in [0.1, 0.15) is 11.3 Å². The lowest BCUT2D eigenvalue weighted by Gasteiger charge is -2.06. The molecule has 124 valence electrons. The van der Waals surface area contributed by atoms with E-state index >= 15 is 0 Å². The van der Waals surface area contributed by atoms with E-state index in [0.717, 1.165) is 12.1 Å². The number of ether oxygens (including phenoxy) is 3. The summed E-state index contributed by atoms with van der Waals surface area (Å²) >= 11 is 0. The first-order valence-electron chi connectivity index (χ1n) is 6.58. The maximum absolute atomic E-state index is 13.1. The van der Waals surface area contributed by atoms with E-state index in [2.05, 4.69) is 9.47 Å². The van der Waals surface area contributed by atoms with Crippen LogP contribution >= 0.6 is 0 Å². The summed E-state index contributed by atoms with van der Waals surface area (Å²) in [6.45, 7) is 0. The normalized spacial score (nSPS) is 14.3. The van der Waals surface area contributed by atoms with Crippen molar-refractivity contribution in [3.05, 3.63) is 57.6 Å². The van der Waals surface area contributed by atoms with Crippen molar-refractivity contribution in [3.8, 4) is 17.2 Å². The summed E-state index contributed by atoms with van der Waals surface area (Å²) in [6, 6.07) is 7.53. The molecule has 0 saturated carbocycles. The molecule has 3 rings (SSSR count). The van der Waals surface area contributed by atoms with Crippen molar-refractivity contribution < 1.29 is 32.7 Å². The molecule has 1 heterocycles. The first-order chi connectivity index (χ1) is 11.3. The molecule has 0 fully saturated rings. The summed E-state index contributed by atoms with van der Waals surface area (Å²) in [5, 5.41) is 11.2. The fourth-order valence-corrected chi connectivity index (χ4v) is 2.24. The topological polar surface area (TPSA) is 87.9 Å². The number of halogens is 2. The van der Waals surface area contributed by atoms with E-state index in [-0.39, 0.29) is 5.56 Å². The zero-order valence-electron chi connectivity index (χ0n) is 12.1. The van der Waals surface area contributed by atoms with Gasteiger partial charge in [-0.25, -0.2) is 0 Å². The van der Waals surface area contributed by atoms with Crippen LogP contribution in [0.15, 0.2) is 36.4 Å². The zero-order valence-corrected chi connectivity index (χ0v) is 12.1. The van der Waals surface area contributed by atoms with Gasteiger partial charge in [-0.1, -0.05) is 12.1 Å². The number of nitro benzene ring substituents is 1. The Kier molecular flexibility index (Phi) is 3.55. The number of carbonyl (C=O) groups is 1. The monoisotopic (exact) mass is 337 g/mol. The minimum atomic E-state index is -3.94. The highest BCUT2D eigenvalue weighted by Gasteiger charge is 2.45. The lowest BCUT2D eigenvalue weighted by Crippen LogP contribution is -2.25. The van der Waals surface area contributed by atoms with E-state index < -0.39 is 39.8 Å². The van der Waals surface area contributed by atoms with Crippen LogP contribution in [0.1, 0.15) is 15.9 Å². The van der Waals surface area contributed by atoms with Crippen LogP contribution in [0.5, 0.6) is 17.2 Å². The molecule has 9 heteroatoms. The average molecular weight is 337 g/mol. The van der Waals surface area contributed by atoms with E-state index in [1.54, 1.807) is 6.07 Å². The maximum Gasteiger partial charge on any atom is 0.586 e. The number of methoxy groups -OCH3 is 1. The van der Waals surface area contributed by atoms with E-state index in [0.29, 0.717) is 5.75 Å². The number of nitrogens with zero attached hydrogens (tertiary/aromatic N) is 1. The number of nitro groups is 1. The van der Waals surface area contributed by atoms with Crippen LogP contribution < -0.4 is 14.2 Å². The van der Waals surface area contributed by atoms with Gasteiger partial charge in [0.2, 0.25) is 0 Å². The van der Waals surface area contributed by atoms with Crippen molar-refractivity contribution >= 4 is 11.5 Å². The summed E-state index contributed by atoms with van der Waals surface area (Å²) < 4.78 is 39.6. The highest BCUT2D eigenvalue weighted by molar-refractivity contribution is 6.12.